The van der Waals surface area contributed by atoms with E-state index in [4.69, 9.17) is 16.3 Å². The number of nitro benzene ring substituents is 1. The van der Waals surface area contributed by atoms with E-state index in [1.807, 2.05) is 0 Å². The van der Waals surface area contributed by atoms with Gasteiger partial charge in [-0.15, -0.1) is 11.8 Å². The molecule has 0 heterocycles. The molecule has 0 aliphatic carbocycles. The molecule has 0 saturated heterocycles. The van der Waals surface area contributed by atoms with E-state index in [1.165, 1.54) is 13.0 Å². The second-order valence-corrected chi connectivity index (χ2v) is 6.69. The Labute approximate surface area is 163 Å². The smallest absolute Gasteiger partial charge is 0.317 e. The lowest BCUT2D eigenvalue weighted by molar-refractivity contribution is -0.387. The van der Waals surface area contributed by atoms with Crippen molar-refractivity contribution < 1.29 is 23.6 Å². The maximum atomic E-state index is 13.3. The van der Waals surface area contributed by atoms with E-state index in [-0.39, 0.29) is 11.4 Å². The molecule has 7 nitrogen and oxygen atoms in total. The zero-order chi connectivity index (χ0) is 20.0. The van der Waals surface area contributed by atoms with Crippen LogP contribution in [0.3, 0.4) is 0 Å². The summed E-state index contributed by atoms with van der Waals surface area (Å²) in [4.78, 5) is 34.5. The summed E-state index contributed by atoms with van der Waals surface area (Å²) in [5.41, 5.74) is -0.755. The van der Waals surface area contributed by atoms with Crippen molar-refractivity contribution in [3.05, 3.63) is 63.4 Å². The first kappa shape index (κ1) is 20.7. The predicted molar refractivity (Wildman–Crippen MR) is 99.4 cm³/mol. The molecule has 0 spiro atoms. The van der Waals surface area contributed by atoms with Crippen LogP contribution >= 0.6 is 23.4 Å². The predicted octanol–water partition coefficient (Wildman–Crippen LogP) is 4.05. The van der Waals surface area contributed by atoms with E-state index in [9.17, 15) is 24.1 Å². The fourth-order valence-electron chi connectivity index (χ4n) is 1.96. The van der Waals surface area contributed by atoms with Gasteiger partial charge >= 0.3 is 11.7 Å². The van der Waals surface area contributed by atoms with Gasteiger partial charge in [-0.3, -0.25) is 19.7 Å². The maximum Gasteiger partial charge on any atom is 0.317 e. The summed E-state index contributed by atoms with van der Waals surface area (Å²) in [7, 11) is 0. The number of carbonyl (C=O) groups excluding carboxylic acids is 2. The summed E-state index contributed by atoms with van der Waals surface area (Å²) in [5.74, 6) is -2.41. The number of anilines is 1. The first-order valence-electron chi connectivity index (χ1n) is 7.59. The largest absolute Gasteiger partial charge is 0.452 e. The minimum Gasteiger partial charge on any atom is -0.452 e. The number of nitro groups is 1. The molecule has 0 aromatic heterocycles. The van der Waals surface area contributed by atoms with Crippen molar-refractivity contribution in [3.63, 3.8) is 0 Å². The number of benzene rings is 2. The van der Waals surface area contributed by atoms with Gasteiger partial charge in [0, 0.05) is 16.6 Å². The van der Waals surface area contributed by atoms with Gasteiger partial charge in [0.2, 0.25) is 5.82 Å². The first-order chi connectivity index (χ1) is 12.8. The summed E-state index contributed by atoms with van der Waals surface area (Å²) < 4.78 is 18.3. The van der Waals surface area contributed by atoms with Crippen LogP contribution in [0.2, 0.25) is 5.02 Å². The number of nitrogens with zero attached hydrogens (tertiary/aromatic N) is 1. The molecule has 10 heteroatoms. The zero-order valence-electron chi connectivity index (χ0n) is 14.0. The van der Waals surface area contributed by atoms with E-state index in [0.717, 1.165) is 23.9 Å². The van der Waals surface area contributed by atoms with Gasteiger partial charge in [-0.25, -0.2) is 0 Å². The minimum atomic E-state index is -1.14. The van der Waals surface area contributed by atoms with Gasteiger partial charge in [0.15, 0.2) is 6.10 Å². The molecule has 0 aliphatic rings. The third kappa shape index (κ3) is 5.93. The molecule has 0 aliphatic heterocycles. The number of carbonyl (C=O) groups is 2. The number of nitrogens with one attached hydrogen (secondary N) is 1. The van der Waals surface area contributed by atoms with Crippen molar-refractivity contribution in [2.45, 2.75) is 17.9 Å². The highest BCUT2D eigenvalue weighted by molar-refractivity contribution is 8.00. The molecule has 0 bridgehead atoms. The third-order valence-electron chi connectivity index (χ3n) is 3.27. The molecule has 0 saturated carbocycles. The van der Waals surface area contributed by atoms with Crippen molar-refractivity contribution in [2.75, 3.05) is 11.1 Å². The van der Waals surface area contributed by atoms with Crippen LogP contribution in [0.25, 0.3) is 0 Å². The highest BCUT2D eigenvalue weighted by atomic mass is 35.5. The molecule has 1 amide bonds. The van der Waals surface area contributed by atoms with Crippen molar-refractivity contribution in [1.29, 1.82) is 0 Å². The number of amides is 1. The lowest BCUT2D eigenvalue weighted by Crippen LogP contribution is -2.30. The molecule has 2 aromatic carbocycles. The SMILES string of the molecule is CC(OC(=O)CSc1ccccc1Cl)C(=O)Nc1ccc(F)c([N+](=O)[O-])c1. The van der Waals surface area contributed by atoms with Crippen molar-refractivity contribution in [1.82, 2.24) is 0 Å². The molecule has 0 radical (unpaired) electrons. The number of halogens is 2. The Hall–Kier alpha value is -2.65. The standard InChI is InChI=1S/C17H14ClFN2O5S/c1-10(26-16(22)9-27-15-5-3-2-4-12(15)18)17(23)20-11-6-7-13(19)14(8-11)21(24)25/h2-8,10H,9H2,1H3,(H,20,23). The van der Waals surface area contributed by atoms with Crippen LogP contribution < -0.4 is 5.32 Å². The minimum absolute atomic E-state index is 0.0152. The quantitative estimate of drug-likeness (QED) is 0.319. The summed E-state index contributed by atoms with van der Waals surface area (Å²) in [6.07, 6.45) is -1.14. The fourth-order valence-corrected chi connectivity index (χ4v) is 2.98. The average Bonchev–Trinajstić information content (AvgIpc) is 2.62. The number of hydrogen-bond donors (Lipinski definition) is 1. The van der Waals surface area contributed by atoms with Crippen LogP contribution in [-0.4, -0.2) is 28.7 Å². The molecule has 142 valence electrons. The lowest BCUT2D eigenvalue weighted by atomic mass is 10.2. The monoisotopic (exact) mass is 412 g/mol. The van der Waals surface area contributed by atoms with Crippen LogP contribution in [0.1, 0.15) is 6.92 Å². The number of hydrogen-bond acceptors (Lipinski definition) is 6. The van der Waals surface area contributed by atoms with E-state index in [0.29, 0.717) is 9.92 Å². The van der Waals surface area contributed by atoms with Gasteiger partial charge in [0.1, 0.15) is 0 Å². The number of esters is 1. The van der Waals surface area contributed by atoms with Gasteiger partial charge in [-0.1, -0.05) is 23.7 Å². The van der Waals surface area contributed by atoms with Gasteiger partial charge in [-0.05, 0) is 31.2 Å². The Bertz CT molecular complexity index is 880. The van der Waals surface area contributed by atoms with Crippen molar-refractivity contribution >= 4 is 46.6 Å². The van der Waals surface area contributed by atoms with Gasteiger partial charge in [-0.2, -0.15) is 4.39 Å². The second-order valence-electron chi connectivity index (χ2n) is 5.26. The third-order valence-corrected chi connectivity index (χ3v) is 4.76. The summed E-state index contributed by atoms with van der Waals surface area (Å²) in [5, 5.41) is 13.6. The average molecular weight is 413 g/mol. The molecule has 27 heavy (non-hydrogen) atoms. The Morgan fingerprint density at radius 3 is 2.70 bits per heavy atom. The lowest BCUT2D eigenvalue weighted by Gasteiger charge is -2.13. The van der Waals surface area contributed by atoms with Crippen molar-refractivity contribution in [2.24, 2.45) is 0 Å². The molecule has 0 fully saturated rings. The Kier molecular flexibility index (Phi) is 7.14. The van der Waals surface area contributed by atoms with Crippen LogP contribution in [0.5, 0.6) is 0 Å². The molecule has 1 N–H and O–H groups in total. The molecular weight excluding hydrogens is 399 g/mol. The molecule has 1 unspecified atom stereocenters. The second kappa shape index (κ2) is 9.33. The zero-order valence-corrected chi connectivity index (χ0v) is 15.6. The fraction of sp³-hybridized carbons (Fsp3) is 0.176. The van der Waals surface area contributed by atoms with Crippen LogP contribution in [0.15, 0.2) is 47.4 Å². The molecule has 2 aromatic rings. The van der Waals surface area contributed by atoms with Crippen molar-refractivity contribution in [3.8, 4) is 0 Å². The Morgan fingerprint density at radius 2 is 2.04 bits per heavy atom. The van der Waals surface area contributed by atoms with Crippen LogP contribution in [0, 0.1) is 15.9 Å². The van der Waals surface area contributed by atoms with Crippen LogP contribution in [-0.2, 0) is 14.3 Å². The highest BCUT2D eigenvalue weighted by Gasteiger charge is 2.20. The summed E-state index contributed by atoms with van der Waals surface area (Å²) >= 11 is 7.15. The van der Waals surface area contributed by atoms with E-state index in [2.05, 4.69) is 5.32 Å². The molecule has 1 atom stereocenters. The Balaban J connectivity index is 1.90. The topological polar surface area (TPSA) is 98.5 Å². The maximum absolute atomic E-state index is 13.3. The van der Waals surface area contributed by atoms with Gasteiger partial charge < -0.3 is 10.1 Å². The summed E-state index contributed by atoms with van der Waals surface area (Å²) in [6, 6.07) is 9.89. The van der Waals surface area contributed by atoms with Gasteiger partial charge in [0.25, 0.3) is 5.91 Å². The number of ether oxygens (including phenoxy) is 1. The number of rotatable bonds is 7. The normalized spacial score (nSPS) is 11.5. The first-order valence-corrected chi connectivity index (χ1v) is 8.96. The van der Waals surface area contributed by atoms with E-state index < -0.39 is 34.4 Å². The molecule has 2 rings (SSSR count). The van der Waals surface area contributed by atoms with E-state index in [1.54, 1.807) is 24.3 Å². The summed E-state index contributed by atoms with van der Waals surface area (Å²) in [6.45, 7) is 1.35. The van der Waals surface area contributed by atoms with Gasteiger partial charge in [0.05, 0.1) is 15.7 Å². The molecular formula is C17H14ClFN2O5S. The Morgan fingerprint density at radius 1 is 1.33 bits per heavy atom. The number of thioether (sulfide) groups is 1. The van der Waals surface area contributed by atoms with Crippen LogP contribution in [0.4, 0.5) is 15.8 Å². The van der Waals surface area contributed by atoms with E-state index >= 15 is 0 Å². The highest BCUT2D eigenvalue weighted by Crippen LogP contribution is 2.26.